The minimum atomic E-state index is 1.11. The number of hydrogen-bond acceptors (Lipinski definition) is 3. The number of aromatic nitrogens is 1. The first kappa shape index (κ1) is 10.7. The van der Waals surface area contributed by atoms with E-state index in [-0.39, 0.29) is 0 Å². The molecule has 0 fully saturated rings. The largest absolute Gasteiger partial charge is 0.235 e. The fourth-order valence-corrected chi connectivity index (χ4v) is 3.21. The van der Waals surface area contributed by atoms with Crippen LogP contribution < -0.4 is 0 Å². The molecule has 2 rings (SSSR count). The smallest absolute Gasteiger partial charge is 0.150 e. The Morgan fingerprint density at radius 2 is 2.07 bits per heavy atom. The molecule has 0 saturated heterocycles. The van der Waals surface area contributed by atoms with Crippen LogP contribution >= 0.6 is 23.1 Å². The molecule has 0 aliphatic heterocycles. The first-order valence-corrected chi connectivity index (χ1v) is 6.80. The van der Waals surface area contributed by atoms with Gasteiger partial charge in [-0.05, 0) is 18.9 Å². The summed E-state index contributed by atoms with van der Waals surface area (Å²) in [7, 11) is 0. The summed E-state index contributed by atoms with van der Waals surface area (Å²) in [6.07, 6.45) is 1.12. The van der Waals surface area contributed by atoms with Gasteiger partial charge in [0.25, 0.3) is 0 Å². The molecule has 0 bridgehead atoms. The maximum atomic E-state index is 4.42. The molecule has 0 amide bonds. The van der Waals surface area contributed by atoms with E-state index in [4.69, 9.17) is 0 Å². The average Bonchev–Trinajstić information content (AvgIpc) is 2.66. The van der Waals surface area contributed by atoms with Crippen molar-refractivity contribution in [3.8, 4) is 0 Å². The van der Waals surface area contributed by atoms with Crippen LogP contribution in [0.5, 0.6) is 0 Å². The maximum absolute atomic E-state index is 4.42. The number of aryl methyl sites for hydroxylation is 2. The van der Waals surface area contributed by atoms with Crippen LogP contribution in [-0.4, -0.2) is 10.7 Å². The van der Waals surface area contributed by atoms with Gasteiger partial charge in [0.2, 0.25) is 0 Å². The zero-order valence-electron chi connectivity index (χ0n) is 8.64. The van der Waals surface area contributed by atoms with Crippen molar-refractivity contribution in [3.63, 3.8) is 0 Å². The van der Waals surface area contributed by atoms with Crippen LogP contribution in [0, 0.1) is 6.92 Å². The molecule has 0 aliphatic carbocycles. The molecular weight excluding hydrogens is 222 g/mol. The Kier molecular flexibility index (Phi) is 3.80. The predicted octanol–water partition coefficient (Wildman–Crippen LogP) is 3.79. The summed E-state index contributed by atoms with van der Waals surface area (Å²) in [5.41, 5.74) is 2.53. The van der Waals surface area contributed by atoms with E-state index in [9.17, 15) is 0 Å². The van der Waals surface area contributed by atoms with Crippen molar-refractivity contribution in [2.75, 3.05) is 5.75 Å². The molecule has 0 saturated carbocycles. The molecule has 0 unspecified atom stereocenters. The van der Waals surface area contributed by atoms with E-state index < -0.39 is 0 Å². The predicted molar refractivity (Wildman–Crippen MR) is 67.7 cm³/mol. The van der Waals surface area contributed by atoms with Gasteiger partial charge in [-0.15, -0.1) is 11.3 Å². The molecule has 2 aromatic rings. The summed E-state index contributed by atoms with van der Waals surface area (Å²) >= 11 is 3.58. The normalized spacial score (nSPS) is 10.5. The summed E-state index contributed by atoms with van der Waals surface area (Å²) < 4.78 is 1.18. The number of thioether (sulfide) groups is 1. The van der Waals surface area contributed by atoms with Gasteiger partial charge < -0.3 is 0 Å². The summed E-state index contributed by atoms with van der Waals surface area (Å²) in [5.74, 6) is 1.11. The Bertz CT molecular complexity index is 409. The lowest BCUT2D eigenvalue weighted by Crippen LogP contribution is -1.87. The Labute approximate surface area is 98.6 Å². The zero-order chi connectivity index (χ0) is 10.5. The van der Waals surface area contributed by atoms with Crippen LogP contribution in [0.2, 0.25) is 0 Å². The number of benzene rings is 1. The van der Waals surface area contributed by atoms with Crippen LogP contribution in [-0.2, 0) is 6.42 Å². The van der Waals surface area contributed by atoms with Gasteiger partial charge >= 0.3 is 0 Å². The molecule has 0 aliphatic rings. The van der Waals surface area contributed by atoms with Gasteiger partial charge in [-0.25, -0.2) is 4.98 Å². The van der Waals surface area contributed by atoms with Crippen molar-refractivity contribution in [1.29, 1.82) is 0 Å². The lowest BCUT2D eigenvalue weighted by atomic mass is 10.2. The van der Waals surface area contributed by atoms with E-state index in [1.165, 1.54) is 9.90 Å². The molecule has 0 atom stereocenters. The van der Waals surface area contributed by atoms with Crippen molar-refractivity contribution >= 4 is 23.1 Å². The van der Waals surface area contributed by atoms with Gasteiger partial charge in [-0.2, -0.15) is 0 Å². The minimum absolute atomic E-state index is 1.11. The van der Waals surface area contributed by atoms with Crippen molar-refractivity contribution in [1.82, 2.24) is 4.98 Å². The molecule has 3 heteroatoms. The van der Waals surface area contributed by atoms with Crippen LogP contribution in [0.1, 0.15) is 11.3 Å². The second kappa shape index (κ2) is 5.33. The summed E-state index contributed by atoms with van der Waals surface area (Å²) in [6, 6.07) is 10.6. The van der Waals surface area contributed by atoms with Crippen LogP contribution in [0.4, 0.5) is 0 Å². The van der Waals surface area contributed by atoms with Gasteiger partial charge in [0.05, 0.1) is 0 Å². The van der Waals surface area contributed by atoms with Crippen LogP contribution in [0.25, 0.3) is 0 Å². The standard InChI is InChI=1S/C12H13NS2/c1-10-9-15-12(13-10)14-8-7-11-5-3-2-4-6-11/h2-6,9H,7-8H2,1H3. The molecule has 1 nitrogen and oxygen atoms in total. The third-order valence-electron chi connectivity index (χ3n) is 2.06. The van der Waals surface area contributed by atoms with E-state index >= 15 is 0 Å². The van der Waals surface area contributed by atoms with E-state index in [1.807, 2.05) is 18.7 Å². The van der Waals surface area contributed by atoms with Gasteiger partial charge in [0, 0.05) is 16.8 Å². The van der Waals surface area contributed by atoms with Crippen molar-refractivity contribution in [2.24, 2.45) is 0 Å². The topological polar surface area (TPSA) is 12.9 Å². The number of hydrogen-bond donors (Lipinski definition) is 0. The molecule has 0 N–H and O–H groups in total. The quantitative estimate of drug-likeness (QED) is 0.748. The molecule has 1 aromatic carbocycles. The summed E-state index contributed by atoms with van der Waals surface area (Å²) in [4.78, 5) is 4.42. The Balaban J connectivity index is 1.80. The third-order valence-corrected chi connectivity index (χ3v) is 4.20. The van der Waals surface area contributed by atoms with Gasteiger partial charge in [0.15, 0.2) is 0 Å². The number of thiazole rings is 1. The van der Waals surface area contributed by atoms with Gasteiger partial charge in [0.1, 0.15) is 4.34 Å². The van der Waals surface area contributed by atoms with E-state index in [0.29, 0.717) is 0 Å². The van der Waals surface area contributed by atoms with Gasteiger partial charge in [-0.3, -0.25) is 0 Å². The van der Waals surface area contributed by atoms with E-state index in [2.05, 4.69) is 40.7 Å². The highest BCUT2D eigenvalue weighted by atomic mass is 32.2. The molecular formula is C12H13NS2. The Morgan fingerprint density at radius 1 is 1.27 bits per heavy atom. The number of rotatable bonds is 4. The SMILES string of the molecule is Cc1csc(SCCc2ccccc2)n1. The maximum Gasteiger partial charge on any atom is 0.150 e. The van der Waals surface area contributed by atoms with E-state index in [1.54, 1.807) is 11.3 Å². The Hall–Kier alpha value is -0.800. The molecule has 0 spiro atoms. The lowest BCUT2D eigenvalue weighted by Gasteiger charge is -1.98. The highest BCUT2D eigenvalue weighted by Gasteiger charge is 1.99. The lowest BCUT2D eigenvalue weighted by molar-refractivity contribution is 1.13. The second-order valence-electron chi connectivity index (χ2n) is 3.34. The average molecular weight is 235 g/mol. The fourth-order valence-electron chi connectivity index (χ4n) is 1.30. The van der Waals surface area contributed by atoms with Gasteiger partial charge in [-0.1, -0.05) is 42.1 Å². The zero-order valence-corrected chi connectivity index (χ0v) is 10.3. The summed E-state index contributed by atoms with van der Waals surface area (Å²) in [5, 5.41) is 2.10. The minimum Gasteiger partial charge on any atom is -0.235 e. The molecule has 0 radical (unpaired) electrons. The van der Waals surface area contributed by atoms with Crippen molar-refractivity contribution < 1.29 is 0 Å². The highest BCUT2D eigenvalue weighted by molar-refractivity contribution is 8.01. The molecule has 78 valence electrons. The molecule has 1 aromatic heterocycles. The van der Waals surface area contributed by atoms with Crippen LogP contribution in [0.3, 0.4) is 0 Å². The fraction of sp³-hybridized carbons (Fsp3) is 0.250. The van der Waals surface area contributed by atoms with Crippen LogP contribution in [0.15, 0.2) is 40.1 Å². The molecule has 15 heavy (non-hydrogen) atoms. The van der Waals surface area contributed by atoms with Crippen molar-refractivity contribution in [2.45, 2.75) is 17.7 Å². The first-order valence-electron chi connectivity index (χ1n) is 4.93. The first-order chi connectivity index (χ1) is 7.34. The van der Waals surface area contributed by atoms with Crippen molar-refractivity contribution in [3.05, 3.63) is 47.0 Å². The number of nitrogens with zero attached hydrogens (tertiary/aromatic N) is 1. The monoisotopic (exact) mass is 235 g/mol. The third kappa shape index (κ3) is 3.36. The highest BCUT2D eigenvalue weighted by Crippen LogP contribution is 2.22. The second-order valence-corrected chi connectivity index (χ2v) is 5.54. The van der Waals surface area contributed by atoms with E-state index in [0.717, 1.165) is 17.9 Å². The molecule has 1 heterocycles. The summed E-state index contributed by atoms with van der Waals surface area (Å²) in [6.45, 7) is 2.04. The Morgan fingerprint density at radius 3 is 2.73 bits per heavy atom.